The van der Waals surface area contributed by atoms with Gasteiger partial charge in [-0.25, -0.2) is 0 Å². The minimum absolute atomic E-state index is 0.790. The summed E-state index contributed by atoms with van der Waals surface area (Å²) in [4.78, 5) is 0. The van der Waals surface area contributed by atoms with E-state index in [2.05, 4.69) is 12.2 Å². The van der Waals surface area contributed by atoms with Gasteiger partial charge >= 0.3 is 0 Å². The topological polar surface area (TPSA) is 12.0 Å². The summed E-state index contributed by atoms with van der Waals surface area (Å²) in [5.74, 6) is 3.10. The van der Waals surface area contributed by atoms with E-state index in [1.807, 2.05) is 0 Å². The number of nitrogens with one attached hydrogen (secondary N) is 1. The summed E-state index contributed by atoms with van der Waals surface area (Å²) in [7, 11) is 0. The van der Waals surface area contributed by atoms with Crippen molar-refractivity contribution in [3.05, 3.63) is 0 Å². The van der Waals surface area contributed by atoms with Crippen LogP contribution in [0.5, 0.6) is 0 Å². The molecule has 86 valence electrons. The molecule has 0 aromatic carbocycles. The van der Waals surface area contributed by atoms with E-state index in [-0.39, 0.29) is 0 Å². The maximum Gasteiger partial charge on any atom is 0.0126 e. The molecule has 1 heteroatoms. The van der Waals surface area contributed by atoms with Crippen LogP contribution in [0.2, 0.25) is 0 Å². The summed E-state index contributed by atoms with van der Waals surface area (Å²) >= 11 is 0. The fourth-order valence-electron chi connectivity index (χ4n) is 3.46. The zero-order valence-electron chi connectivity index (χ0n) is 10.0. The number of rotatable bonds is 5. The normalized spacial score (nSPS) is 30.0. The molecule has 0 amide bonds. The Labute approximate surface area is 94.0 Å². The summed E-state index contributed by atoms with van der Waals surface area (Å²) in [5, 5.41) is 3.98. The first-order chi connectivity index (χ1) is 7.34. The highest BCUT2D eigenvalue weighted by atomic mass is 15.0. The van der Waals surface area contributed by atoms with Gasteiger partial charge in [0.1, 0.15) is 0 Å². The van der Waals surface area contributed by atoms with Crippen molar-refractivity contribution < 1.29 is 0 Å². The third-order valence-corrected chi connectivity index (χ3v) is 4.82. The average Bonchev–Trinajstić information content (AvgIpc) is 3.15. The van der Waals surface area contributed by atoms with Gasteiger partial charge in [0.25, 0.3) is 0 Å². The van der Waals surface area contributed by atoms with Crippen LogP contribution in [0.25, 0.3) is 0 Å². The Morgan fingerprint density at radius 1 is 0.800 bits per heavy atom. The molecule has 3 aliphatic rings. The van der Waals surface area contributed by atoms with Gasteiger partial charge in [0, 0.05) is 12.1 Å². The van der Waals surface area contributed by atoms with E-state index in [1.54, 1.807) is 0 Å². The van der Waals surface area contributed by atoms with Gasteiger partial charge in [-0.1, -0.05) is 12.8 Å². The van der Waals surface area contributed by atoms with Gasteiger partial charge in [0.05, 0.1) is 0 Å². The molecule has 0 aromatic heterocycles. The third-order valence-electron chi connectivity index (χ3n) is 4.82. The lowest BCUT2D eigenvalue weighted by atomic mass is 9.97. The second-order valence-corrected chi connectivity index (χ2v) is 6.20. The maximum absolute atomic E-state index is 3.98. The SMILES string of the molecule is C[C@@H](NC(C1CC1)C1CC1)C1CCCC1. The van der Waals surface area contributed by atoms with Gasteiger partial charge in [-0.05, 0) is 63.2 Å². The van der Waals surface area contributed by atoms with E-state index in [9.17, 15) is 0 Å². The fourth-order valence-corrected chi connectivity index (χ4v) is 3.46. The van der Waals surface area contributed by atoms with Crippen LogP contribution in [0.1, 0.15) is 58.3 Å². The van der Waals surface area contributed by atoms with Gasteiger partial charge in [0.15, 0.2) is 0 Å². The van der Waals surface area contributed by atoms with E-state index in [4.69, 9.17) is 0 Å². The lowest BCUT2D eigenvalue weighted by Crippen LogP contribution is -2.42. The summed E-state index contributed by atoms with van der Waals surface area (Å²) < 4.78 is 0. The molecule has 3 aliphatic carbocycles. The van der Waals surface area contributed by atoms with Crippen LogP contribution < -0.4 is 5.32 Å². The lowest BCUT2D eigenvalue weighted by molar-refractivity contribution is 0.304. The van der Waals surface area contributed by atoms with E-state index < -0.39 is 0 Å². The number of hydrogen-bond donors (Lipinski definition) is 1. The van der Waals surface area contributed by atoms with Crippen LogP contribution in [-0.2, 0) is 0 Å². The van der Waals surface area contributed by atoms with Crippen LogP contribution >= 0.6 is 0 Å². The van der Waals surface area contributed by atoms with Gasteiger partial charge in [-0.15, -0.1) is 0 Å². The first-order valence-electron chi connectivity index (χ1n) is 7.10. The van der Waals surface area contributed by atoms with E-state index >= 15 is 0 Å². The van der Waals surface area contributed by atoms with Crippen LogP contribution in [0.3, 0.4) is 0 Å². The molecule has 3 fully saturated rings. The molecule has 0 saturated heterocycles. The van der Waals surface area contributed by atoms with Crippen LogP contribution in [0.4, 0.5) is 0 Å². The highest BCUT2D eigenvalue weighted by Crippen LogP contribution is 2.45. The molecule has 0 heterocycles. The Hall–Kier alpha value is -0.0400. The lowest BCUT2D eigenvalue weighted by Gasteiger charge is -2.27. The Bertz CT molecular complexity index is 199. The first kappa shape index (κ1) is 10.1. The molecular formula is C14H25N. The first-order valence-corrected chi connectivity index (χ1v) is 7.10. The molecule has 3 rings (SSSR count). The van der Waals surface area contributed by atoms with Crippen molar-refractivity contribution in [1.29, 1.82) is 0 Å². The van der Waals surface area contributed by atoms with Crippen molar-refractivity contribution in [1.82, 2.24) is 5.32 Å². The summed E-state index contributed by atoms with van der Waals surface area (Å²) in [6.45, 7) is 2.44. The fraction of sp³-hybridized carbons (Fsp3) is 1.00. The molecule has 15 heavy (non-hydrogen) atoms. The quantitative estimate of drug-likeness (QED) is 0.729. The van der Waals surface area contributed by atoms with Crippen molar-refractivity contribution in [2.45, 2.75) is 70.4 Å². The van der Waals surface area contributed by atoms with Crippen LogP contribution in [0.15, 0.2) is 0 Å². The largest absolute Gasteiger partial charge is 0.311 e. The molecule has 0 radical (unpaired) electrons. The summed E-state index contributed by atoms with van der Waals surface area (Å²) in [6.07, 6.45) is 11.9. The predicted molar refractivity (Wildman–Crippen MR) is 63.8 cm³/mol. The molecule has 0 spiro atoms. The molecular weight excluding hydrogens is 182 g/mol. The van der Waals surface area contributed by atoms with Gasteiger partial charge < -0.3 is 5.32 Å². The second kappa shape index (κ2) is 4.08. The maximum atomic E-state index is 3.98. The minimum Gasteiger partial charge on any atom is -0.311 e. The Morgan fingerprint density at radius 2 is 1.33 bits per heavy atom. The van der Waals surface area contributed by atoms with Crippen molar-refractivity contribution in [2.75, 3.05) is 0 Å². The zero-order chi connectivity index (χ0) is 10.3. The molecule has 0 aliphatic heterocycles. The molecule has 0 aromatic rings. The highest BCUT2D eigenvalue weighted by molar-refractivity contribution is 4.98. The van der Waals surface area contributed by atoms with E-state index in [1.165, 1.54) is 51.4 Å². The van der Waals surface area contributed by atoms with E-state index in [0.717, 1.165) is 29.8 Å². The Balaban J connectivity index is 1.52. The van der Waals surface area contributed by atoms with Gasteiger partial charge in [-0.3, -0.25) is 0 Å². The van der Waals surface area contributed by atoms with E-state index in [0.29, 0.717) is 0 Å². The van der Waals surface area contributed by atoms with Gasteiger partial charge in [0.2, 0.25) is 0 Å². The third kappa shape index (κ3) is 2.38. The van der Waals surface area contributed by atoms with Crippen molar-refractivity contribution >= 4 is 0 Å². The minimum atomic E-state index is 0.790. The van der Waals surface area contributed by atoms with Crippen LogP contribution in [-0.4, -0.2) is 12.1 Å². The van der Waals surface area contributed by atoms with Gasteiger partial charge in [-0.2, -0.15) is 0 Å². The molecule has 1 N–H and O–H groups in total. The average molecular weight is 207 g/mol. The predicted octanol–water partition coefficient (Wildman–Crippen LogP) is 3.34. The monoisotopic (exact) mass is 207 g/mol. The Kier molecular flexibility index (Phi) is 2.76. The van der Waals surface area contributed by atoms with Crippen molar-refractivity contribution in [3.63, 3.8) is 0 Å². The van der Waals surface area contributed by atoms with Crippen molar-refractivity contribution in [3.8, 4) is 0 Å². The van der Waals surface area contributed by atoms with Crippen LogP contribution in [0, 0.1) is 17.8 Å². The molecule has 1 atom stereocenters. The molecule has 0 bridgehead atoms. The second-order valence-electron chi connectivity index (χ2n) is 6.20. The standard InChI is InChI=1S/C14H25N/c1-10(11-4-2-3-5-11)15-14(12-6-7-12)13-8-9-13/h10-15H,2-9H2,1H3/t10-/m1/s1. The molecule has 3 saturated carbocycles. The molecule has 1 nitrogen and oxygen atoms in total. The summed E-state index contributed by atoms with van der Waals surface area (Å²) in [5.41, 5.74) is 0. The van der Waals surface area contributed by atoms with Crippen molar-refractivity contribution in [2.24, 2.45) is 17.8 Å². The zero-order valence-corrected chi connectivity index (χ0v) is 10.0. The summed E-state index contributed by atoms with van der Waals surface area (Å²) in [6, 6.07) is 1.69. The number of hydrogen-bond acceptors (Lipinski definition) is 1. The smallest absolute Gasteiger partial charge is 0.0126 e. The Morgan fingerprint density at radius 3 is 1.80 bits per heavy atom. The highest BCUT2D eigenvalue weighted by Gasteiger charge is 2.42. The molecule has 0 unspecified atom stereocenters.